The summed E-state index contributed by atoms with van der Waals surface area (Å²) in [6.07, 6.45) is 6.43. The number of hydrogen-bond acceptors (Lipinski definition) is 3. The minimum Gasteiger partial charge on any atom is -0.365 e. The molecule has 0 aromatic carbocycles. The predicted molar refractivity (Wildman–Crippen MR) is 82.8 cm³/mol. The highest BCUT2D eigenvalue weighted by Gasteiger charge is 2.25. The van der Waals surface area contributed by atoms with Gasteiger partial charge in [-0.3, -0.25) is 4.79 Å². The minimum atomic E-state index is -0.338. The second-order valence-corrected chi connectivity index (χ2v) is 6.01. The zero-order valence-electron chi connectivity index (χ0n) is 13.6. The molecule has 1 amide bonds. The van der Waals surface area contributed by atoms with Crippen LogP contribution in [0.5, 0.6) is 0 Å². The first-order chi connectivity index (χ1) is 9.56. The maximum absolute atomic E-state index is 12.0. The lowest BCUT2D eigenvalue weighted by molar-refractivity contribution is -0.137. The predicted octanol–water partition coefficient (Wildman–Crippen LogP) is 2.62. The molecule has 1 aliphatic rings. The summed E-state index contributed by atoms with van der Waals surface area (Å²) in [6, 6.07) is 0.872. The average Bonchev–Trinajstić information content (AvgIpc) is 2.41. The van der Waals surface area contributed by atoms with Gasteiger partial charge in [-0.15, -0.1) is 0 Å². The third-order valence-corrected chi connectivity index (χ3v) is 4.04. The van der Waals surface area contributed by atoms with Crippen molar-refractivity contribution in [1.29, 1.82) is 0 Å². The third-order valence-electron chi connectivity index (χ3n) is 4.04. The lowest BCUT2D eigenvalue weighted by Gasteiger charge is -2.30. The lowest BCUT2D eigenvalue weighted by Crippen LogP contribution is -2.42. The van der Waals surface area contributed by atoms with Crippen LogP contribution in [-0.2, 0) is 9.53 Å². The van der Waals surface area contributed by atoms with Crippen LogP contribution in [0.3, 0.4) is 0 Å². The summed E-state index contributed by atoms with van der Waals surface area (Å²) in [7, 11) is 0. The Kier molecular flexibility index (Phi) is 8.15. The van der Waals surface area contributed by atoms with Crippen LogP contribution >= 0.6 is 0 Å². The number of hydrogen-bond donors (Lipinski definition) is 2. The third kappa shape index (κ3) is 6.23. The Hall–Kier alpha value is -0.610. The standard InChI is InChI=1S/C16H32N2O2/c1-5-7-12(3)18-16(19)13(4)20-15-10-8-14(9-11-15)17-6-2/h12-15,17H,5-11H2,1-4H3,(H,18,19). The number of amides is 1. The Morgan fingerprint density at radius 1 is 1.20 bits per heavy atom. The smallest absolute Gasteiger partial charge is 0.249 e. The second kappa shape index (κ2) is 9.35. The van der Waals surface area contributed by atoms with E-state index >= 15 is 0 Å². The van der Waals surface area contributed by atoms with Gasteiger partial charge in [0.1, 0.15) is 6.10 Å². The van der Waals surface area contributed by atoms with Gasteiger partial charge in [-0.1, -0.05) is 20.3 Å². The van der Waals surface area contributed by atoms with Gasteiger partial charge in [0, 0.05) is 12.1 Å². The van der Waals surface area contributed by atoms with Crippen LogP contribution in [0.1, 0.15) is 66.2 Å². The lowest BCUT2D eigenvalue weighted by atomic mass is 9.93. The molecular weight excluding hydrogens is 252 g/mol. The molecule has 0 radical (unpaired) electrons. The first kappa shape index (κ1) is 17.4. The Morgan fingerprint density at radius 3 is 2.40 bits per heavy atom. The van der Waals surface area contributed by atoms with Gasteiger partial charge in [0.05, 0.1) is 6.10 Å². The van der Waals surface area contributed by atoms with Crippen LogP contribution in [0.25, 0.3) is 0 Å². The molecule has 0 aliphatic heterocycles. The molecule has 0 bridgehead atoms. The summed E-state index contributed by atoms with van der Waals surface area (Å²) < 4.78 is 5.92. The highest BCUT2D eigenvalue weighted by atomic mass is 16.5. The Balaban J connectivity index is 2.25. The molecule has 0 spiro atoms. The van der Waals surface area contributed by atoms with E-state index in [2.05, 4.69) is 31.4 Å². The van der Waals surface area contributed by atoms with E-state index in [0.717, 1.165) is 45.1 Å². The van der Waals surface area contributed by atoms with E-state index in [4.69, 9.17) is 4.74 Å². The Morgan fingerprint density at radius 2 is 1.85 bits per heavy atom. The van der Waals surface area contributed by atoms with Crippen molar-refractivity contribution in [2.75, 3.05) is 6.54 Å². The van der Waals surface area contributed by atoms with Gasteiger partial charge >= 0.3 is 0 Å². The van der Waals surface area contributed by atoms with E-state index in [1.54, 1.807) is 0 Å². The van der Waals surface area contributed by atoms with Crippen molar-refractivity contribution in [3.8, 4) is 0 Å². The van der Waals surface area contributed by atoms with Gasteiger partial charge in [-0.25, -0.2) is 0 Å². The second-order valence-electron chi connectivity index (χ2n) is 6.01. The molecule has 20 heavy (non-hydrogen) atoms. The van der Waals surface area contributed by atoms with E-state index in [0.29, 0.717) is 6.04 Å². The maximum Gasteiger partial charge on any atom is 0.249 e. The van der Waals surface area contributed by atoms with E-state index in [-0.39, 0.29) is 24.2 Å². The molecule has 0 heterocycles. The summed E-state index contributed by atoms with van der Waals surface area (Å²) in [5, 5.41) is 6.51. The van der Waals surface area contributed by atoms with E-state index < -0.39 is 0 Å². The molecule has 1 rings (SSSR count). The summed E-state index contributed by atoms with van der Waals surface area (Å²) in [5.74, 6) is 0.0276. The van der Waals surface area contributed by atoms with Crippen LogP contribution < -0.4 is 10.6 Å². The number of nitrogens with one attached hydrogen (secondary N) is 2. The molecule has 4 heteroatoms. The van der Waals surface area contributed by atoms with Crippen LogP contribution in [0, 0.1) is 0 Å². The average molecular weight is 284 g/mol. The van der Waals surface area contributed by atoms with E-state index in [9.17, 15) is 4.79 Å². The zero-order valence-corrected chi connectivity index (χ0v) is 13.6. The number of rotatable bonds is 8. The highest BCUT2D eigenvalue weighted by molar-refractivity contribution is 5.80. The molecule has 4 nitrogen and oxygen atoms in total. The highest BCUT2D eigenvalue weighted by Crippen LogP contribution is 2.22. The van der Waals surface area contributed by atoms with Crippen LogP contribution in [-0.4, -0.2) is 36.7 Å². The normalized spacial score (nSPS) is 26.0. The zero-order chi connectivity index (χ0) is 15.0. The SMILES string of the molecule is CCCC(C)NC(=O)C(C)OC1CCC(NCC)CC1. The molecule has 2 unspecified atom stereocenters. The fourth-order valence-electron chi connectivity index (χ4n) is 2.91. The molecule has 118 valence electrons. The number of ether oxygens (including phenoxy) is 1. The fraction of sp³-hybridized carbons (Fsp3) is 0.938. The van der Waals surface area contributed by atoms with Gasteiger partial charge < -0.3 is 15.4 Å². The molecule has 2 N–H and O–H groups in total. The Bertz CT molecular complexity index is 276. The molecule has 1 aliphatic carbocycles. The Labute approximate surface area is 124 Å². The van der Waals surface area contributed by atoms with Crippen molar-refractivity contribution in [3.05, 3.63) is 0 Å². The molecule has 0 aromatic rings. The first-order valence-corrected chi connectivity index (χ1v) is 8.26. The molecule has 0 saturated heterocycles. The molecule has 1 saturated carbocycles. The van der Waals surface area contributed by atoms with Crippen molar-refractivity contribution in [2.45, 2.75) is 90.5 Å². The van der Waals surface area contributed by atoms with Crippen molar-refractivity contribution >= 4 is 5.91 Å². The summed E-state index contributed by atoms with van der Waals surface area (Å²) >= 11 is 0. The van der Waals surface area contributed by atoms with Crippen LogP contribution in [0.4, 0.5) is 0 Å². The van der Waals surface area contributed by atoms with Crippen LogP contribution in [0.15, 0.2) is 0 Å². The van der Waals surface area contributed by atoms with Crippen molar-refractivity contribution in [2.24, 2.45) is 0 Å². The van der Waals surface area contributed by atoms with Crippen molar-refractivity contribution < 1.29 is 9.53 Å². The maximum atomic E-state index is 12.0. The van der Waals surface area contributed by atoms with Crippen LogP contribution in [0.2, 0.25) is 0 Å². The first-order valence-electron chi connectivity index (χ1n) is 8.26. The van der Waals surface area contributed by atoms with Crippen molar-refractivity contribution in [1.82, 2.24) is 10.6 Å². The molecule has 2 atom stereocenters. The summed E-state index contributed by atoms with van der Waals surface area (Å²) in [6.45, 7) is 9.22. The summed E-state index contributed by atoms with van der Waals surface area (Å²) in [5.41, 5.74) is 0. The van der Waals surface area contributed by atoms with Gasteiger partial charge in [-0.2, -0.15) is 0 Å². The number of carbonyl (C=O) groups is 1. The molecular formula is C16H32N2O2. The van der Waals surface area contributed by atoms with E-state index in [1.807, 2.05) is 6.92 Å². The molecule has 0 aromatic heterocycles. The van der Waals surface area contributed by atoms with Gasteiger partial charge in [0.25, 0.3) is 0 Å². The minimum absolute atomic E-state index is 0.0276. The van der Waals surface area contributed by atoms with E-state index in [1.165, 1.54) is 0 Å². The molecule has 1 fully saturated rings. The van der Waals surface area contributed by atoms with Crippen molar-refractivity contribution in [3.63, 3.8) is 0 Å². The van der Waals surface area contributed by atoms with Gasteiger partial charge in [0.2, 0.25) is 5.91 Å². The van der Waals surface area contributed by atoms with Gasteiger partial charge in [-0.05, 0) is 52.5 Å². The largest absolute Gasteiger partial charge is 0.365 e. The topological polar surface area (TPSA) is 50.4 Å². The fourth-order valence-corrected chi connectivity index (χ4v) is 2.91. The van der Waals surface area contributed by atoms with Gasteiger partial charge in [0.15, 0.2) is 0 Å². The quantitative estimate of drug-likeness (QED) is 0.720. The number of carbonyl (C=O) groups excluding carboxylic acids is 1. The summed E-state index contributed by atoms with van der Waals surface area (Å²) in [4.78, 5) is 12.0. The monoisotopic (exact) mass is 284 g/mol.